The summed E-state index contributed by atoms with van der Waals surface area (Å²) in [6, 6.07) is 7.46. The van der Waals surface area contributed by atoms with E-state index in [2.05, 4.69) is 32.1 Å². The molecule has 0 saturated carbocycles. The van der Waals surface area contributed by atoms with Crippen LogP contribution < -0.4 is 5.32 Å². The third kappa shape index (κ3) is 5.11. The normalized spacial score (nSPS) is 18.7. The van der Waals surface area contributed by atoms with Gasteiger partial charge in [0.15, 0.2) is 11.6 Å². The van der Waals surface area contributed by atoms with Crippen LogP contribution in [0.5, 0.6) is 0 Å². The first-order chi connectivity index (χ1) is 12.3. The van der Waals surface area contributed by atoms with Gasteiger partial charge in [-0.1, -0.05) is 65.5 Å². The van der Waals surface area contributed by atoms with E-state index in [-0.39, 0.29) is 11.9 Å². The van der Waals surface area contributed by atoms with Crippen molar-refractivity contribution in [2.45, 2.75) is 29.6 Å². The molecule has 0 radical (unpaired) electrons. The van der Waals surface area contributed by atoms with Crippen LogP contribution in [-0.2, 0) is 3.79 Å². The van der Waals surface area contributed by atoms with Crippen LogP contribution in [0, 0.1) is 0 Å². The molecule has 1 aliphatic rings. The molecule has 1 aromatic heterocycles. The summed E-state index contributed by atoms with van der Waals surface area (Å²) in [5, 5.41) is 3.95. The molecule has 5 nitrogen and oxygen atoms in total. The molecule has 1 saturated heterocycles. The molecule has 9 heteroatoms. The Kier molecular flexibility index (Phi) is 6.46. The maximum atomic E-state index is 6.08. The van der Waals surface area contributed by atoms with Gasteiger partial charge in [-0.2, -0.15) is 9.97 Å². The van der Waals surface area contributed by atoms with Crippen LogP contribution in [0.1, 0.15) is 25.6 Å². The number of aromatic nitrogens is 3. The molecule has 2 aromatic rings. The zero-order chi connectivity index (χ0) is 18.7. The standard InChI is InChI=1S/C17H19Cl4N5/c1-2-26-8-4-7-13(10-26)22-16-24-14(11-5-3-6-12(18)9-11)23-15(25-16)17(19,20)21/h3,5-6,9,13H,2,4,7-8,10H2,1H3,(H,22,23,24,25). The molecule has 1 unspecified atom stereocenters. The molecule has 2 heterocycles. The van der Waals surface area contributed by atoms with Crippen LogP contribution in [-0.4, -0.2) is 45.5 Å². The van der Waals surface area contributed by atoms with Gasteiger partial charge in [0.1, 0.15) is 0 Å². The zero-order valence-corrected chi connectivity index (χ0v) is 17.2. The summed E-state index contributed by atoms with van der Waals surface area (Å²) in [7, 11) is 0. The number of likely N-dealkylation sites (tertiary alicyclic amines) is 1. The summed E-state index contributed by atoms with van der Waals surface area (Å²) in [5.41, 5.74) is 0.734. The monoisotopic (exact) mass is 433 g/mol. The summed E-state index contributed by atoms with van der Waals surface area (Å²) in [6.45, 7) is 5.21. The average molecular weight is 435 g/mol. The van der Waals surface area contributed by atoms with Gasteiger partial charge in [-0.25, -0.2) is 4.98 Å². The molecule has 1 aliphatic heterocycles. The lowest BCUT2D eigenvalue weighted by Crippen LogP contribution is -2.42. The fourth-order valence-electron chi connectivity index (χ4n) is 2.97. The molecule has 0 amide bonds. The van der Waals surface area contributed by atoms with Crippen molar-refractivity contribution >= 4 is 52.4 Å². The van der Waals surface area contributed by atoms with E-state index < -0.39 is 3.79 Å². The van der Waals surface area contributed by atoms with Crippen LogP contribution in [0.25, 0.3) is 11.4 Å². The van der Waals surface area contributed by atoms with Crippen molar-refractivity contribution in [2.24, 2.45) is 0 Å². The second-order valence-corrected chi connectivity index (χ2v) is 8.91. The van der Waals surface area contributed by atoms with E-state index in [0.29, 0.717) is 16.8 Å². The summed E-state index contributed by atoms with van der Waals surface area (Å²) in [5.74, 6) is 0.895. The average Bonchev–Trinajstić information content (AvgIpc) is 2.61. The Balaban J connectivity index is 1.93. The topological polar surface area (TPSA) is 53.9 Å². The van der Waals surface area contributed by atoms with Crippen molar-refractivity contribution < 1.29 is 0 Å². The number of anilines is 1. The summed E-state index contributed by atoms with van der Waals surface area (Å²) < 4.78 is -1.74. The lowest BCUT2D eigenvalue weighted by atomic mass is 10.1. The van der Waals surface area contributed by atoms with E-state index in [1.165, 1.54) is 0 Å². The predicted octanol–water partition coefficient (Wildman–Crippen LogP) is 4.91. The molecule has 0 spiro atoms. The highest BCUT2D eigenvalue weighted by Crippen LogP contribution is 2.37. The minimum absolute atomic E-state index is 0.0816. The van der Waals surface area contributed by atoms with Gasteiger partial charge in [-0.15, -0.1) is 0 Å². The second-order valence-electron chi connectivity index (χ2n) is 6.19. The molecule has 1 aromatic carbocycles. The maximum absolute atomic E-state index is 6.08. The zero-order valence-electron chi connectivity index (χ0n) is 14.2. The van der Waals surface area contributed by atoms with Gasteiger partial charge in [0.2, 0.25) is 9.74 Å². The number of alkyl halides is 3. The van der Waals surface area contributed by atoms with E-state index in [1.807, 2.05) is 12.1 Å². The third-order valence-corrected chi connectivity index (χ3v) is 5.00. The molecule has 3 rings (SSSR count). The SMILES string of the molecule is CCN1CCCC(Nc2nc(-c3cccc(Cl)c3)nc(C(Cl)(Cl)Cl)n2)C1. The smallest absolute Gasteiger partial charge is 0.250 e. The summed E-state index contributed by atoms with van der Waals surface area (Å²) >= 11 is 24.2. The fraction of sp³-hybridized carbons (Fsp3) is 0.471. The highest BCUT2D eigenvalue weighted by atomic mass is 35.6. The van der Waals surface area contributed by atoms with Gasteiger partial charge in [-0.05, 0) is 38.1 Å². The van der Waals surface area contributed by atoms with Crippen LogP contribution in [0.3, 0.4) is 0 Å². The van der Waals surface area contributed by atoms with E-state index in [1.54, 1.807) is 12.1 Å². The number of rotatable bonds is 4. The number of halogens is 4. The Hall–Kier alpha value is -0.850. The molecular weight excluding hydrogens is 416 g/mol. The van der Waals surface area contributed by atoms with Crippen molar-refractivity contribution in [3.05, 3.63) is 35.1 Å². The van der Waals surface area contributed by atoms with Crippen LogP contribution >= 0.6 is 46.4 Å². The van der Waals surface area contributed by atoms with Gasteiger partial charge < -0.3 is 10.2 Å². The Bertz CT molecular complexity index is 765. The van der Waals surface area contributed by atoms with Crippen molar-refractivity contribution in [3.8, 4) is 11.4 Å². The van der Waals surface area contributed by atoms with Crippen molar-refractivity contribution in [1.29, 1.82) is 0 Å². The molecule has 1 fully saturated rings. The first kappa shape index (κ1) is 19.9. The first-order valence-corrected chi connectivity index (χ1v) is 9.94. The molecule has 0 aliphatic carbocycles. The van der Waals surface area contributed by atoms with Crippen molar-refractivity contribution in [1.82, 2.24) is 19.9 Å². The molecule has 0 bridgehead atoms. The molecule has 26 heavy (non-hydrogen) atoms. The van der Waals surface area contributed by atoms with Crippen LogP contribution in [0.4, 0.5) is 5.95 Å². The quantitative estimate of drug-likeness (QED) is 0.692. The number of nitrogens with one attached hydrogen (secondary N) is 1. The molecule has 1 atom stereocenters. The summed E-state index contributed by atoms with van der Waals surface area (Å²) in [6.07, 6.45) is 2.16. The lowest BCUT2D eigenvalue weighted by Gasteiger charge is -2.32. The molecular formula is C17H19Cl4N5. The van der Waals surface area contributed by atoms with E-state index in [9.17, 15) is 0 Å². The Morgan fingerprint density at radius 3 is 2.73 bits per heavy atom. The molecule has 1 N–H and O–H groups in total. The maximum Gasteiger partial charge on any atom is 0.250 e. The Labute approximate surface area is 173 Å². The number of nitrogens with zero attached hydrogens (tertiary/aromatic N) is 4. The number of likely N-dealkylation sites (N-methyl/N-ethyl adjacent to an activating group) is 1. The van der Waals surface area contributed by atoms with Crippen LogP contribution in [0.2, 0.25) is 5.02 Å². The fourth-order valence-corrected chi connectivity index (χ4v) is 3.41. The van der Waals surface area contributed by atoms with Gasteiger partial charge >= 0.3 is 0 Å². The van der Waals surface area contributed by atoms with E-state index in [4.69, 9.17) is 46.4 Å². The van der Waals surface area contributed by atoms with E-state index in [0.717, 1.165) is 38.0 Å². The molecule has 140 valence electrons. The predicted molar refractivity (Wildman–Crippen MR) is 108 cm³/mol. The third-order valence-electron chi connectivity index (χ3n) is 4.26. The van der Waals surface area contributed by atoms with E-state index >= 15 is 0 Å². The first-order valence-electron chi connectivity index (χ1n) is 8.43. The Morgan fingerprint density at radius 2 is 2.04 bits per heavy atom. The number of hydrogen-bond donors (Lipinski definition) is 1. The van der Waals surface area contributed by atoms with Crippen molar-refractivity contribution in [2.75, 3.05) is 25.0 Å². The van der Waals surface area contributed by atoms with Gasteiger partial charge in [0.05, 0.1) is 0 Å². The van der Waals surface area contributed by atoms with Crippen molar-refractivity contribution in [3.63, 3.8) is 0 Å². The minimum Gasteiger partial charge on any atom is -0.350 e. The van der Waals surface area contributed by atoms with Gasteiger partial charge in [0, 0.05) is 23.2 Å². The number of piperidine rings is 1. The number of benzene rings is 1. The highest BCUT2D eigenvalue weighted by Gasteiger charge is 2.29. The van der Waals surface area contributed by atoms with Crippen LogP contribution in [0.15, 0.2) is 24.3 Å². The summed E-state index contributed by atoms with van der Waals surface area (Å²) in [4.78, 5) is 15.5. The lowest BCUT2D eigenvalue weighted by molar-refractivity contribution is 0.226. The minimum atomic E-state index is -1.74. The second kappa shape index (κ2) is 8.44. The Morgan fingerprint density at radius 1 is 1.23 bits per heavy atom. The highest BCUT2D eigenvalue weighted by molar-refractivity contribution is 6.66. The van der Waals surface area contributed by atoms with Gasteiger partial charge in [-0.3, -0.25) is 0 Å². The largest absolute Gasteiger partial charge is 0.350 e. The van der Waals surface area contributed by atoms with Gasteiger partial charge in [0.25, 0.3) is 0 Å². The number of hydrogen-bond acceptors (Lipinski definition) is 5.